The minimum Gasteiger partial charge on any atom is -0.506 e. The van der Waals surface area contributed by atoms with E-state index in [1.807, 2.05) is 26.0 Å². The minimum atomic E-state index is -0.177. The third kappa shape index (κ3) is 4.73. The lowest BCUT2D eigenvalue weighted by Gasteiger charge is -2.36. The normalized spacial score (nSPS) is 14.1. The average molecular weight is 382 g/mol. The molecule has 0 spiro atoms. The van der Waals surface area contributed by atoms with Gasteiger partial charge in [0.2, 0.25) is 5.91 Å². The van der Waals surface area contributed by atoms with Gasteiger partial charge in [-0.3, -0.25) is 4.79 Å². The van der Waals surface area contributed by atoms with Crippen LogP contribution in [0.1, 0.15) is 13.8 Å². The number of nitrogens with zero attached hydrogens (tertiary/aromatic N) is 2. The number of urea groups is 1. The number of nitrogens with one attached hydrogen (secondary N) is 2. The Morgan fingerprint density at radius 3 is 2.21 bits per heavy atom. The first-order valence-electron chi connectivity index (χ1n) is 9.44. The van der Waals surface area contributed by atoms with E-state index in [-0.39, 0.29) is 23.6 Å². The minimum absolute atomic E-state index is 0.0660. The van der Waals surface area contributed by atoms with Gasteiger partial charge >= 0.3 is 6.03 Å². The Kier molecular flexibility index (Phi) is 6.03. The van der Waals surface area contributed by atoms with Crippen LogP contribution in [0, 0.1) is 5.92 Å². The molecule has 2 aromatic rings. The average Bonchev–Trinajstić information content (AvgIpc) is 2.68. The van der Waals surface area contributed by atoms with Gasteiger partial charge in [0.05, 0.1) is 5.69 Å². The number of rotatable bonds is 4. The van der Waals surface area contributed by atoms with E-state index in [1.54, 1.807) is 41.3 Å². The lowest BCUT2D eigenvalue weighted by molar-refractivity contribution is -0.118. The molecule has 0 aliphatic carbocycles. The number of para-hydroxylation sites is 2. The molecule has 7 nitrogen and oxygen atoms in total. The highest BCUT2D eigenvalue weighted by Crippen LogP contribution is 2.27. The Morgan fingerprint density at radius 2 is 1.57 bits per heavy atom. The Bertz CT molecular complexity index is 845. The van der Waals surface area contributed by atoms with E-state index in [9.17, 15) is 14.7 Å². The van der Waals surface area contributed by atoms with Gasteiger partial charge in [-0.15, -0.1) is 0 Å². The van der Waals surface area contributed by atoms with Crippen LogP contribution >= 0.6 is 0 Å². The first-order chi connectivity index (χ1) is 13.4. The molecule has 3 rings (SSSR count). The van der Waals surface area contributed by atoms with Crippen molar-refractivity contribution < 1.29 is 14.7 Å². The van der Waals surface area contributed by atoms with E-state index < -0.39 is 0 Å². The maximum atomic E-state index is 12.6. The second-order valence-corrected chi connectivity index (χ2v) is 7.12. The van der Waals surface area contributed by atoms with Crippen LogP contribution in [0.15, 0.2) is 48.5 Å². The summed E-state index contributed by atoms with van der Waals surface area (Å²) in [5, 5.41) is 15.7. The zero-order chi connectivity index (χ0) is 20.1. The zero-order valence-corrected chi connectivity index (χ0v) is 16.2. The van der Waals surface area contributed by atoms with E-state index in [1.165, 1.54) is 0 Å². The van der Waals surface area contributed by atoms with E-state index in [2.05, 4.69) is 15.5 Å². The number of carbonyl (C=O) groups excluding carboxylic acids is 2. The Balaban J connectivity index is 1.56. The van der Waals surface area contributed by atoms with Gasteiger partial charge in [-0.1, -0.05) is 32.0 Å². The van der Waals surface area contributed by atoms with Gasteiger partial charge in [0.25, 0.3) is 0 Å². The SMILES string of the molecule is CC(C)C(=O)Nc1cccc(NC(=O)N2CCN(c3ccccc3O)CC2)c1. The standard InChI is InChI=1S/C21H26N4O3/c1-15(2)20(27)22-16-6-5-7-17(14-16)23-21(28)25-12-10-24(11-13-25)18-8-3-4-9-19(18)26/h3-9,14-15,26H,10-13H2,1-2H3,(H,22,27)(H,23,28). The first-order valence-corrected chi connectivity index (χ1v) is 9.44. The Morgan fingerprint density at radius 1 is 0.929 bits per heavy atom. The molecule has 7 heteroatoms. The summed E-state index contributed by atoms with van der Waals surface area (Å²) in [6, 6.07) is 14.2. The summed E-state index contributed by atoms with van der Waals surface area (Å²) in [6.45, 7) is 6.07. The molecule has 1 saturated heterocycles. The first kappa shape index (κ1) is 19.5. The molecule has 3 N–H and O–H groups in total. The Labute approximate surface area is 165 Å². The number of anilines is 3. The summed E-state index contributed by atoms with van der Waals surface area (Å²) in [6.07, 6.45) is 0. The second-order valence-electron chi connectivity index (χ2n) is 7.12. The molecule has 148 valence electrons. The predicted molar refractivity (Wildman–Crippen MR) is 111 cm³/mol. The third-order valence-electron chi connectivity index (χ3n) is 4.70. The van der Waals surface area contributed by atoms with Crippen LogP contribution in [0.25, 0.3) is 0 Å². The number of carbonyl (C=O) groups is 2. The fraction of sp³-hybridized carbons (Fsp3) is 0.333. The molecule has 0 unspecified atom stereocenters. The molecular weight excluding hydrogens is 356 g/mol. The fourth-order valence-electron chi connectivity index (χ4n) is 3.05. The lowest BCUT2D eigenvalue weighted by atomic mass is 10.2. The van der Waals surface area contributed by atoms with Crippen LogP contribution in [-0.2, 0) is 4.79 Å². The molecule has 0 saturated carbocycles. The number of hydrogen-bond donors (Lipinski definition) is 3. The number of benzene rings is 2. The molecule has 1 aliphatic rings. The van der Waals surface area contributed by atoms with Gasteiger partial charge in [0.15, 0.2) is 0 Å². The van der Waals surface area contributed by atoms with E-state index in [4.69, 9.17) is 0 Å². The topological polar surface area (TPSA) is 84.9 Å². The van der Waals surface area contributed by atoms with Crippen molar-refractivity contribution in [2.24, 2.45) is 5.92 Å². The summed E-state index contributed by atoms with van der Waals surface area (Å²) >= 11 is 0. The van der Waals surface area contributed by atoms with E-state index >= 15 is 0 Å². The van der Waals surface area contributed by atoms with Crippen molar-refractivity contribution in [3.05, 3.63) is 48.5 Å². The quantitative estimate of drug-likeness (QED) is 0.757. The summed E-state index contributed by atoms with van der Waals surface area (Å²) < 4.78 is 0. The van der Waals surface area contributed by atoms with Crippen LogP contribution in [-0.4, -0.2) is 48.1 Å². The molecule has 1 aliphatic heterocycles. The van der Waals surface area contributed by atoms with Gasteiger partial charge in [0.1, 0.15) is 5.75 Å². The third-order valence-corrected chi connectivity index (χ3v) is 4.70. The highest BCUT2D eigenvalue weighted by Gasteiger charge is 2.22. The molecule has 28 heavy (non-hydrogen) atoms. The van der Waals surface area contributed by atoms with E-state index in [0.717, 1.165) is 5.69 Å². The van der Waals surface area contributed by atoms with Gasteiger partial charge in [-0.25, -0.2) is 4.79 Å². The summed E-state index contributed by atoms with van der Waals surface area (Å²) in [5.41, 5.74) is 2.08. The van der Waals surface area contributed by atoms with Crippen LogP contribution in [0.2, 0.25) is 0 Å². The van der Waals surface area contributed by atoms with Crippen molar-refractivity contribution in [1.29, 1.82) is 0 Å². The van der Waals surface area contributed by atoms with Gasteiger partial charge in [-0.05, 0) is 30.3 Å². The molecule has 1 fully saturated rings. The van der Waals surface area contributed by atoms with Crippen LogP contribution in [0.3, 0.4) is 0 Å². The molecule has 3 amide bonds. The predicted octanol–water partition coefficient (Wildman–Crippen LogP) is 3.34. The second kappa shape index (κ2) is 8.65. The molecule has 1 heterocycles. The molecule has 0 bridgehead atoms. The molecular formula is C21H26N4O3. The number of hydrogen-bond acceptors (Lipinski definition) is 4. The van der Waals surface area contributed by atoms with E-state index in [0.29, 0.717) is 37.6 Å². The summed E-state index contributed by atoms with van der Waals surface area (Å²) in [7, 11) is 0. The molecule has 0 radical (unpaired) electrons. The van der Waals surface area contributed by atoms with Crippen molar-refractivity contribution in [3.8, 4) is 5.75 Å². The molecule has 2 aromatic carbocycles. The largest absolute Gasteiger partial charge is 0.506 e. The van der Waals surface area contributed by atoms with Gasteiger partial charge < -0.3 is 25.5 Å². The maximum Gasteiger partial charge on any atom is 0.321 e. The van der Waals surface area contributed by atoms with Crippen LogP contribution in [0.4, 0.5) is 21.9 Å². The fourth-order valence-corrected chi connectivity index (χ4v) is 3.05. The van der Waals surface area contributed by atoms with Crippen molar-refractivity contribution in [2.45, 2.75) is 13.8 Å². The number of aromatic hydroxyl groups is 1. The highest BCUT2D eigenvalue weighted by molar-refractivity contribution is 5.94. The summed E-state index contributed by atoms with van der Waals surface area (Å²) in [5.74, 6) is 0.0722. The van der Waals surface area contributed by atoms with Crippen molar-refractivity contribution >= 4 is 29.0 Å². The van der Waals surface area contributed by atoms with Crippen LogP contribution in [0.5, 0.6) is 5.75 Å². The van der Waals surface area contributed by atoms with Crippen molar-refractivity contribution in [2.75, 3.05) is 41.7 Å². The van der Waals surface area contributed by atoms with Crippen molar-refractivity contribution in [1.82, 2.24) is 4.90 Å². The highest BCUT2D eigenvalue weighted by atomic mass is 16.3. The smallest absolute Gasteiger partial charge is 0.321 e. The number of piperazine rings is 1. The molecule has 0 aromatic heterocycles. The number of phenols is 1. The number of phenolic OH excluding ortho intramolecular Hbond substituents is 1. The lowest BCUT2D eigenvalue weighted by Crippen LogP contribution is -2.50. The van der Waals surface area contributed by atoms with Crippen LogP contribution < -0.4 is 15.5 Å². The van der Waals surface area contributed by atoms with Gasteiger partial charge in [0, 0.05) is 43.5 Å². The summed E-state index contributed by atoms with van der Waals surface area (Å²) in [4.78, 5) is 28.2. The Hall–Kier alpha value is -3.22. The number of amides is 3. The monoisotopic (exact) mass is 382 g/mol. The zero-order valence-electron chi connectivity index (χ0n) is 16.2. The molecule has 0 atom stereocenters. The van der Waals surface area contributed by atoms with Crippen molar-refractivity contribution in [3.63, 3.8) is 0 Å². The maximum absolute atomic E-state index is 12.6. The van der Waals surface area contributed by atoms with Gasteiger partial charge in [-0.2, -0.15) is 0 Å².